The Morgan fingerprint density at radius 2 is 1.96 bits per heavy atom. The number of hydrogen-bond acceptors (Lipinski definition) is 4. The Kier molecular flexibility index (Phi) is 6.41. The minimum Gasteiger partial charge on any atom is -0.348 e. The van der Waals surface area contributed by atoms with Crippen LogP contribution in [0.15, 0.2) is 58.3 Å². The van der Waals surface area contributed by atoms with E-state index >= 15 is 0 Å². The number of thiazole rings is 1. The van der Waals surface area contributed by atoms with Crippen LogP contribution in [0.3, 0.4) is 0 Å². The van der Waals surface area contributed by atoms with E-state index in [1.54, 1.807) is 41.3 Å². The number of nitrogens with zero attached hydrogens (tertiary/aromatic N) is 1. The second kappa shape index (κ2) is 8.79. The van der Waals surface area contributed by atoms with Crippen molar-refractivity contribution in [2.24, 2.45) is 0 Å². The van der Waals surface area contributed by atoms with Crippen molar-refractivity contribution >= 4 is 29.0 Å². The third-order valence-electron chi connectivity index (χ3n) is 3.92. The minimum atomic E-state index is -4.40. The second-order valence-corrected chi connectivity index (χ2v) is 8.16. The number of nitrogens with one attached hydrogen (secondary N) is 1. The SMILES string of the molecule is Cc1csc(SCc2ccccc2C(=O)NCc2cccc(C(F)(F)F)c2)n1. The Balaban J connectivity index is 1.66. The van der Waals surface area contributed by atoms with E-state index < -0.39 is 11.7 Å². The van der Waals surface area contributed by atoms with E-state index in [4.69, 9.17) is 0 Å². The Labute approximate surface area is 169 Å². The summed E-state index contributed by atoms with van der Waals surface area (Å²) in [5.41, 5.74) is 1.99. The molecular weight excluding hydrogens is 405 g/mol. The summed E-state index contributed by atoms with van der Waals surface area (Å²) >= 11 is 3.10. The first-order valence-electron chi connectivity index (χ1n) is 8.40. The van der Waals surface area contributed by atoms with Crippen molar-refractivity contribution in [3.8, 4) is 0 Å². The Hall–Kier alpha value is -2.32. The van der Waals surface area contributed by atoms with E-state index in [1.807, 2.05) is 24.4 Å². The fourth-order valence-corrected chi connectivity index (χ4v) is 4.39. The second-order valence-electron chi connectivity index (χ2n) is 6.08. The molecule has 28 heavy (non-hydrogen) atoms. The van der Waals surface area contributed by atoms with E-state index in [9.17, 15) is 18.0 Å². The number of rotatable bonds is 6. The van der Waals surface area contributed by atoms with Gasteiger partial charge < -0.3 is 5.32 Å². The molecule has 1 amide bonds. The molecule has 1 heterocycles. The summed E-state index contributed by atoms with van der Waals surface area (Å²) in [4.78, 5) is 17.0. The minimum absolute atomic E-state index is 0.0237. The monoisotopic (exact) mass is 422 g/mol. The molecule has 0 aliphatic carbocycles. The predicted molar refractivity (Wildman–Crippen MR) is 105 cm³/mol. The summed E-state index contributed by atoms with van der Waals surface area (Å²) in [5, 5.41) is 4.68. The van der Waals surface area contributed by atoms with Crippen molar-refractivity contribution in [3.05, 3.63) is 81.9 Å². The van der Waals surface area contributed by atoms with Crippen molar-refractivity contribution in [1.29, 1.82) is 0 Å². The number of hydrogen-bond donors (Lipinski definition) is 1. The Morgan fingerprint density at radius 1 is 1.18 bits per heavy atom. The van der Waals surface area contributed by atoms with Crippen LogP contribution in [0.1, 0.15) is 32.7 Å². The van der Waals surface area contributed by atoms with Crippen LogP contribution in [0.5, 0.6) is 0 Å². The lowest BCUT2D eigenvalue weighted by atomic mass is 10.1. The molecule has 3 nitrogen and oxygen atoms in total. The maximum absolute atomic E-state index is 12.8. The van der Waals surface area contributed by atoms with Gasteiger partial charge in [-0.1, -0.05) is 42.1 Å². The molecule has 2 aromatic carbocycles. The summed E-state index contributed by atoms with van der Waals surface area (Å²) in [6, 6.07) is 12.2. The topological polar surface area (TPSA) is 42.0 Å². The highest BCUT2D eigenvalue weighted by molar-refractivity contribution is 8.00. The molecule has 0 saturated carbocycles. The van der Waals surface area contributed by atoms with Crippen molar-refractivity contribution < 1.29 is 18.0 Å². The Morgan fingerprint density at radius 3 is 2.68 bits per heavy atom. The normalized spacial score (nSPS) is 11.4. The maximum Gasteiger partial charge on any atom is 0.416 e. The van der Waals surface area contributed by atoms with Crippen LogP contribution in [0.25, 0.3) is 0 Å². The largest absolute Gasteiger partial charge is 0.416 e. The Bertz CT molecular complexity index is 970. The molecule has 0 aliphatic rings. The lowest BCUT2D eigenvalue weighted by Gasteiger charge is -2.11. The number of carbonyl (C=O) groups excluding carboxylic acids is 1. The molecule has 0 fully saturated rings. The molecule has 3 aromatic rings. The van der Waals surface area contributed by atoms with Crippen LogP contribution in [0.2, 0.25) is 0 Å². The number of amides is 1. The number of alkyl halides is 3. The zero-order valence-corrected chi connectivity index (χ0v) is 16.5. The van der Waals surface area contributed by atoms with Crippen LogP contribution < -0.4 is 5.32 Å². The lowest BCUT2D eigenvalue weighted by Crippen LogP contribution is -2.24. The molecule has 0 atom stereocenters. The molecule has 0 bridgehead atoms. The highest BCUT2D eigenvalue weighted by Crippen LogP contribution is 2.30. The van der Waals surface area contributed by atoms with Gasteiger partial charge in [-0.3, -0.25) is 4.79 Å². The number of thioether (sulfide) groups is 1. The van der Waals surface area contributed by atoms with Gasteiger partial charge in [-0.25, -0.2) is 4.98 Å². The van der Waals surface area contributed by atoms with Crippen molar-refractivity contribution in [3.63, 3.8) is 0 Å². The molecule has 1 N–H and O–H groups in total. The molecule has 146 valence electrons. The van der Waals surface area contributed by atoms with Gasteiger partial charge in [-0.15, -0.1) is 11.3 Å². The van der Waals surface area contributed by atoms with Crippen LogP contribution in [-0.4, -0.2) is 10.9 Å². The zero-order chi connectivity index (χ0) is 20.1. The maximum atomic E-state index is 12.8. The van der Waals surface area contributed by atoms with Crippen molar-refractivity contribution in [2.45, 2.75) is 29.7 Å². The summed E-state index contributed by atoms with van der Waals surface area (Å²) in [6.07, 6.45) is -4.40. The number of halogens is 3. The highest BCUT2D eigenvalue weighted by Gasteiger charge is 2.30. The van der Waals surface area contributed by atoms with Gasteiger partial charge in [0.15, 0.2) is 0 Å². The molecule has 1 aromatic heterocycles. The van der Waals surface area contributed by atoms with Crippen LogP contribution in [-0.2, 0) is 18.5 Å². The summed E-state index contributed by atoms with van der Waals surface area (Å²) in [7, 11) is 0. The van der Waals surface area contributed by atoms with E-state index in [0.29, 0.717) is 16.9 Å². The van der Waals surface area contributed by atoms with E-state index in [1.165, 1.54) is 6.07 Å². The van der Waals surface area contributed by atoms with Gasteiger partial charge in [0.05, 0.1) is 5.56 Å². The van der Waals surface area contributed by atoms with Gasteiger partial charge in [0.25, 0.3) is 5.91 Å². The van der Waals surface area contributed by atoms with Crippen LogP contribution in [0, 0.1) is 6.92 Å². The molecule has 0 saturated heterocycles. The number of carbonyl (C=O) groups is 1. The first kappa shape index (κ1) is 20.4. The standard InChI is InChI=1S/C20H17F3N2OS2/c1-13-11-27-19(25-13)28-12-15-6-2-3-8-17(15)18(26)24-10-14-5-4-7-16(9-14)20(21,22)23/h2-9,11H,10,12H2,1H3,(H,24,26). The molecule has 3 rings (SSSR count). The van der Waals surface area contributed by atoms with Gasteiger partial charge in [-0.05, 0) is 36.2 Å². The first-order chi connectivity index (χ1) is 13.3. The number of benzene rings is 2. The highest BCUT2D eigenvalue weighted by atomic mass is 32.2. The molecular formula is C20H17F3N2OS2. The smallest absolute Gasteiger partial charge is 0.348 e. The zero-order valence-electron chi connectivity index (χ0n) is 14.9. The van der Waals surface area contributed by atoms with Gasteiger partial charge in [0.1, 0.15) is 4.34 Å². The van der Waals surface area contributed by atoms with E-state index in [2.05, 4.69) is 10.3 Å². The fraction of sp³-hybridized carbons (Fsp3) is 0.200. The average Bonchev–Trinajstić information content (AvgIpc) is 3.09. The number of aromatic nitrogens is 1. The average molecular weight is 422 g/mol. The number of aryl methyl sites for hydroxylation is 1. The lowest BCUT2D eigenvalue weighted by molar-refractivity contribution is -0.137. The third kappa shape index (κ3) is 5.36. The first-order valence-corrected chi connectivity index (χ1v) is 10.3. The molecule has 0 radical (unpaired) electrons. The van der Waals surface area contributed by atoms with Gasteiger partial charge >= 0.3 is 6.18 Å². The van der Waals surface area contributed by atoms with E-state index in [0.717, 1.165) is 27.7 Å². The third-order valence-corrected chi connectivity index (χ3v) is 6.11. The molecule has 0 unspecified atom stereocenters. The molecule has 8 heteroatoms. The molecule has 0 spiro atoms. The van der Waals surface area contributed by atoms with Gasteiger partial charge in [-0.2, -0.15) is 13.2 Å². The predicted octanol–water partition coefficient (Wildman–Crippen LogP) is 5.69. The van der Waals surface area contributed by atoms with Gasteiger partial charge in [0, 0.05) is 28.9 Å². The summed E-state index contributed by atoms with van der Waals surface area (Å²) < 4.78 is 39.4. The van der Waals surface area contributed by atoms with Crippen molar-refractivity contribution in [2.75, 3.05) is 0 Å². The van der Waals surface area contributed by atoms with E-state index in [-0.39, 0.29) is 12.5 Å². The van der Waals surface area contributed by atoms with Crippen LogP contribution in [0.4, 0.5) is 13.2 Å². The van der Waals surface area contributed by atoms with Crippen molar-refractivity contribution in [1.82, 2.24) is 10.3 Å². The molecule has 0 aliphatic heterocycles. The quantitative estimate of drug-likeness (QED) is 0.519. The van der Waals surface area contributed by atoms with Crippen LogP contribution >= 0.6 is 23.1 Å². The fourth-order valence-electron chi connectivity index (χ4n) is 2.54. The summed E-state index contributed by atoms with van der Waals surface area (Å²) in [5.74, 6) is 0.268. The summed E-state index contributed by atoms with van der Waals surface area (Å²) in [6.45, 7) is 1.95. The van der Waals surface area contributed by atoms with Gasteiger partial charge in [0.2, 0.25) is 0 Å².